The second-order valence-corrected chi connectivity index (χ2v) is 7.26. The van der Waals surface area contributed by atoms with Gasteiger partial charge in [-0.15, -0.1) is 0 Å². The summed E-state index contributed by atoms with van der Waals surface area (Å²) in [5, 5.41) is 0. The smallest absolute Gasteiger partial charge is 0.260 e. The van der Waals surface area contributed by atoms with E-state index in [2.05, 4.69) is 20.9 Å². The van der Waals surface area contributed by atoms with Crippen LogP contribution in [0, 0.1) is 5.92 Å². The molecule has 2 unspecified atom stereocenters. The Morgan fingerprint density at radius 3 is 2.69 bits per heavy atom. The minimum absolute atomic E-state index is 0.100. The van der Waals surface area contributed by atoms with Crippen molar-refractivity contribution in [3.05, 3.63) is 60.4 Å². The highest BCUT2D eigenvalue weighted by Crippen LogP contribution is 2.28. The third-order valence-electron chi connectivity index (χ3n) is 5.33. The first-order valence-corrected chi connectivity index (χ1v) is 9.37. The van der Waals surface area contributed by atoms with Gasteiger partial charge < -0.3 is 9.64 Å². The Balaban J connectivity index is 1.37. The van der Waals surface area contributed by atoms with Gasteiger partial charge >= 0.3 is 0 Å². The lowest BCUT2D eigenvalue weighted by Gasteiger charge is -2.36. The molecule has 0 spiro atoms. The predicted octanol–water partition coefficient (Wildman–Crippen LogP) is 2.58. The van der Waals surface area contributed by atoms with Gasteiger partial charge in [0.15, 0.2) is 6.61 Å². The molecule has 2 bridgehead atoms. The van der Waals surface area contributed by atoms with Crippen LogP contribution in [0.1, 0.15) is 18.5 Å². The van der Waals surface area contributed by atoms with E-state index >= 15 is 0 Å². The number of rotatable bonds is 5. The van der Waals surface area contributed by atoms with Crippen molar-refractivity contribution in [2.24, 2.45) is 5.92 Å². The Morgan fingerprint density at radius 2 is 1.88 bits per heavy atom. The van der Waals surface area contributed by atoms with Gasteiger partial charge in [-0.05, 0) is 43.0 Å². The van der Waals surface area contributed by atoms with Crippen molar-refractivity contribution in [3.63, 3.8) is 0 Å². The number of para-hydroxylation sites is 1. The molecule has 0 aliphatic carbocycles. The minimum Gasteiger partial charge on any atom is -0.484 e. The second-order valence-electron chi connectivity index (χ2n) is 7.26. The quantitative estimate of drug-likeness (QED) is 0.831. The van der Waals surface area contributed by atoms with Crippen LogP contribution in [0.3, 0.4) is 0 Å². The number of piperidine rings is 1. The monoisotopic (exact) mass is 351 g/mol. The van der Waals surface area contributed by atoms with Gasteiger partial charge in [-0.3, -0.25) is 14.7 Å². The zero-order valence-electron chi connectivity index (χ0n) is 15.0. The number of hydrogen-bond acceptors (Lipinski definition) is 4. The molecular formula is C21H25N3O2. The largest absolute Gasteiger partial charge is 0.484 e. The van der Waals surface area contributed by atoms with Gasteiger partial charge in [0.25, 0.3) is 5.91 Å². The molecule has 0 saturated carbocycles. The minimum atomic E-state index is 0.100. The number of carbonyl (C=O) groups excluding carboxylic acids is 1. The number of ether oxygens (including phenoxy) is 1. The lowest BCUT2D eigenvalue weighted by Crippen LogP contribution is -2.49. The third kappa shape index (κ3) is 4.05. The summed E-state index contributed by atoms with van der Waals surface area (Å²) in [5.41, 5.74) is 1.10. The van der Waals surface area contributed by atoms with E-state index in [-0.39, 0.29) is 18.6 Å². The molecule has 3 aliphatic rings. The van der Waals surface area contributed by atoms with Crippen LogP contribution in [0.5, 0.6) is 5.75 Å². The zero-order valence-corrected chi connectivity index (χ0v) is 15.0. The van der Waals surface area contributed by atoms with Gasteiger partial charge in [0.1, 0.15) is 5.75 Å². The van der Waals surface area contributed by atoms with Crippen LogP contribution in [0.4, 0.5) is 0 Å². The highest BCUT2D eigenvalue weighted by molar-refractivity contribution is 5.78. The fourth-order valence-electron chi connectivity index (χ4n) is 4.08. The Kier molecular flexibility index (Phi) is 5.16. The van der Waals surface area contributed by atoms with Gasteiger partial charge in [0.05, 0.1) is 5.69 Å². The summed E-state index contributed by atoms with van der Waals surface area (Å²) in [7, 11) is 0. The Labute approximate surface area is 154 Å². The fourth-order valence-corrected chi connectivity index (χ4v) is 4.08. The van der Waals surface area contributed by atoms with Crippen LogP contribution >= 0.6 is 0 Å². The molecule has 4 heterocycles. The summed E-state index contributed by atoms with van der Waals surface area (Å²) < 4.78 is 5.68. The number of amides is 1. The summed E-state index contributed by atoms with van der Waals surface area (Å²) in [6.45, 7) is 3.78. The molecule has 3 fully saturated rings. The topological polar surface area (TPSA) is 45.7 Å². The normalized spacial score (nSPS) is 22.8. The number of pyridine rings is 1. The van der Waals surface area contributed by atoms with Crippen molar-refractivity contribution < 1.29 is 9.53 Å². The first-order valence-electron chi connectivity index (χ1n) is 9.37. The summed E-state index contributed by atoms with van der Waals surface area (Å²) in [5.74, 6) is 1.39. The first kappa shape index (κ1) is 17.0. The number of fused-ring (bicyclic) bond motifs is 4. The number of nitrogens with zero attached hydrogens (tertiary/aromatic N) is 3. The molecule has 136 valence electrons. The number of benzene rings is 1. The molecule has 1 aromatic carbocycles. The van der Waals surface area contributed by atoms with Gasteiger partial charge in [-0.25, -0.2) is 0 Å². The summed E-state index contributed by atoms with van der Waals surface area (Å²) in [6.07, 6.45) is 4.13. The molecule has 5 heteroatoms. The first-order chi connectivity index (χ1) is 12.8. The third-order valence-corrected chi connectivity index (χ3v) is 5.33. The van der Waals surface area contributed by atoms with E-state index in [1.165, 1.54) is 6.42 Å². The van der Waals surface area contributed by atoms with Gasteiger partial charge in [0, 0.05) is 38.4 Å². The number of aromatic nitrogens is 1. The summed E-state index contributed by atoms with van der Waals surface area (Å²) in [4.78, 5) is 21.7. The van der Waals surface area contributed by atoms with Gasteiger partial charge in [-0.1, -0.05) is 24.3 Å². The van der Waals surface area contributed by atoms with Crippen LogP contribution < -0.4 is 4.74 Å². The van der Waals surface area contributed by atoms with Crippen LogP contribution in [0.25, 0.3) is 0 Å². The molecule has 3 aliphatic heterocycles. The molecule has 5 rings (SSSR count). The van der Waals surface area contributed by atoms with E-state index in [9.17, 15) is 4.79 Å². The predicted molar refractivity (Wildman–Crippen MR) is 99.7 cm³/mol. The van der Waals surface area contributed by atoms with Crippen LogP contribution in [-0.2, 0) is 11.3 Å². The van der Waals surface area contributed by atoms with E-state index in [4.69, 9.17) is 4.74 Å². The molecule has 1 amide bonds. The molecule has 2 atom stereocenters. The average Bonchev–Trinajstić information content (AvgIpc) is 2.98. The maximum Gasteiger partial charge on any atom is 0.260 e. The van der Waals surface area contributed by atoms with E-state index in [1.807, 2.05) is 48.7 Å². The van der Waals surface area contributed by atoms with Crippen molar-refractivity contribution in [1.29, 1.82) is 0 Å². The van der Waals surface area contributed by atoms with Gasteiger partial charge in [-0.2, -0.15) is 0 Å². The van der Waals surface area contributed by atoms with Crippen molar-refractivity contribution in [1.82, 2.24) is 14.8 Å². The molecule has 26 heavy (non-hydrogen) atoms. The van der Waals surface area contributed by atoms with E-state index in [0.29, 0.717) is 5.92 Å². The molecule has 0 radical (unpaired) electrons. The van der Waals surface area contributed by atoms with Crippen LogP contribution in [0.15, 0.2) is 54.7 Å². The zero-order chi connectivity index (χ0) is 17.8. The van der Waals surface area contributed by atoms with Crippen molar-refractivity contribution >= 4 is 5.91 Å². The number of carbonyl (C=O) groups is 1. The van der Waals surface area contributed by atoms with Crippen LogP contribution in [0.2, 0.25) is 0 Å². The summed E-state index contributed by atoms with van der Waals surface area (Å²) in [6, 6.07) is 15.9. The molecular weight excluding hydrogens is 326 g/mol. The maximum atomic E-state index is 12.7. The van der Waals surface area contributed by atoms with Crippen LogP contribution in [-0.4, -0.2) is 53.0 Å². The van der Waals surface area contributed by atoms with Crippen molar-refractivity contribution in [3.8, 4) is 5.75 Å². The molecule has 3 saturated heterocycles. The fraction of sp³-hybridized carbons (Fsp3) is 0.429. The lowest BCUT2D eigenvalue weighted by atomic mass is 9.95. The lowest BCUT2D eigenvalue weighted by molar-refractivity contribution is -0.137. The highest BCUT2D eigenvalue weighted by Gasteiger charge is 2.37. The van der Waals surface area contributed by atoms with Gasteiger partial charge in [0.2, 0.25) is 0 Å². The SMILES string of the molecule is O=C(COc1ccccc1)N1CC2CCC1CN(Cc1ccccn1)C2. The number of hydrogen-bond donors (Lipinski definition) is 0. The average molecular weight is 351 g/mol. The van der Waals surface area contributed by atoms with E-state index < -0.39 is 0 Å². The maximum absolute atomic E-state index is 12.7. The molecule has 5 nitrogen and oxygen atoms in total. The Bertz CT molecular complexity index is 723. The summed E-state index contributed by atoms with van der Waals surface area (Å²) >= 11 is 0. The van der Waals surface area contributed by atoms with E-state index in [1.54, 1.807) is 0 Å². The Hall–Kier alpha value is -2.40. The highest BCUT2D eigenvalue weighted by atomic mass is 16.5. The molecule has 0 N–H and O–H groups in total. The van der Waals surface area contributed by atoms with Crippen molar-refractivity contribution in [2.45, 2.75) is 25.4 Å². The Morgan fingerprint density at radius 1 is 1.04 bits per heavy atom. The van der Waals surface area contributed by atoms with Crippen molar-refractivity contribution in [2.75, 3.05) is 26.2 Å². The standard InChI is InChI=1S/C21H25N3O2/c25-21(16-26-20-7-2-1-3-8-20)24-13-17-9-10-19(24)15-23(12-17)14-18-6-4-5-11-22-18/h1-8,11,17,19H,9-10,12-16H2. The molecule has 1 aromatic heterocycles. The van der Waals surface area contributed by atoms with E-state index in [0.717, 1.165) is 44.0 Å². The second kappa shape index (κ2) is 7.87. The molecule has 2 aromatic rings.